The zero-order chi connectivity index (χ0) is 26.9. The maximum Gasteiger partial charge on any atom is 0.261 e. The van der Waals surface area contributed by atoms with Gasteiger partial charge in [-0.15, -0.1) is 0 Å². The van der Waals surface area contributed by atoms with Gasteiger partial charge in [0.1, 0.15) is 5.75 Å². The number of rotatable bonds is 6. The number of piperidine rings is 1. The fourth-order valence-corrected chi connectivity index (χ4v) is 5.70. The summed E-state index contributed by atoms with van der Waals surface area (Å²) in [6.07, 6.45) is 2.65. The number of hydrogen-bond donors (Lipinski definition) is 1. The van der Waals surface area contributed by atoms with Crippen LogP contribution < -0.4 is 10.1 Å². The highest BCUT2D eigenvalue weighted by Gasteiger charge is 2.28. The van der Waals surface area contributed by atoms with E-state index >= 15 is 0 Å². The molecule has 1 amide bonds. The summed E-state index contributed by atoms with van der Waals surface area (Å²) in [6, 6.07) is 13.4. The Kier molecular flexibility index (Phi) is 7.20. The number of hydrogen-bond acceptors (Lipinski definition) is 8. The highest BCUT2D eigenvalue weighted by atomic mass is 35.5. The van der Waals surface area contributed by atoms with E-state index in [1.807, 2.05) is 24.3 Å². The van der Waals surface area contributed by atoms with Gasteiger partial charge in [0.2, 0.25) is 0 Å². The van der Waals surface area contributed by atoms with Crippen molar-refractivity contribution in [2.24, 2.45) is 0 Å². The third kappa shape index (κ3) is 5.34. The molecule has 2 aromatic carbocycles. The number of amides is 1. The average Bonchev–Trinajstić information content (AvgIpc) is 3.41. The van der Waals surface area contributed by atoms with Crippen molar-refractivity contribution in [3.63, 3.8) is 0 Å². The number of pyridine rings is 1. The van der Waals surface area contributed by atoms with Crippen molar-refractivity contribution in [1.29, 1.82) is 0 Å². The molecule has 0 atom stereocenters. The number of aromatic nitrogens is 3. The van der Waals surface area contributed by atoms with Gasteiger partial charge in [0.15, 0.2) is 5.82 Å². The minimum Gasteiger partial charge on any atom is -0.496 e. The van der Waals surface area contributed by atoms with Crippen molar-refractivity contribution < 1.29 is 14.1 Å². The third-order valence-electron chi connectivity index (χ3n) is 7.63. The molecule has 10 heteroatoms. The van der Waals surface area contributed by atoms with Gasteiger partial charge in [-0.25, -0.2) is 0 Å². The standard InChI is InChI=1S/C29H31ClN6O3/c1-35-12-9-19(10-13-35)31-28(37)27-20-5-3-4-6-23(20)32-24-11-14-36(16-22(24)27)17-26-33-29(39-34-26)21-15-18(30)7-8-25(21)38-2/h3-8,15,19H,9-14,16-17H2,1-2H3,(H,31,37). The van der Waals surface area contributed by atoms with Crippen LogP contribution >= 0.6 is 11.6 Å². The molecule has 0 radical (unpaired) electrons. The number of carbonyl (C=O) groups excluding carboxylic acids is 1. The van der Waals surface area contributed by atoms with Crippen LogP contribution in [0, 0.1) is 0 Å². The predicted molar refractivity (Wildman–Crippen MR) is 149 cm³/mol. The van der Waals surface area contributed by atoms with Crippen molar-refractivity contribution in [2.45, 2.75) is 38.4 Å². The number of para-hydroxylation sites is 1. The molecule has 0 unspecified atom stereocenters. The van der Waals surface area contributed by atoms with Gasteiger partial charge in [-0.3, -0.25) is 14.7 Å². The number of halogens is 1. The molecule has 1 fully saturated rings. The average molecular weight is 547 g/mol. The van der Waals surface area contributed by atoms with Crippen LogP contribution in [-0.2, 0) is 19.5 Å². The lowest BCUT2D eigenvalue weighted by Gasteiger charge is -2.31. The van der Waals surface area contributed by atoms with Gasteiger partial charge >= 0.3 is 0 Å². The number of fused-ring (bicyclic) bond motifs is 2. The lowest BCUT2D eigenvalue weighted by Crippen LogP contribution is -2.44. The molecular formula is C29H31ClN6O3. The summed E-state index contributed by atoms with van der Waals surface area (Å²) >= 11 is 6.19. The van der Waals surface area contributed by atoms with Crippen LogP contribution in [0.3, 0.4) is 0 Å². The molecule has 2 aromatic heterocycles. The van der Waals surface area contributed by atoms with Gasteiger partial charge in [0, 0.05) is 47.2 Å². The van der Waals surface area contributed by atoms with Crippen LogP contribution in [0.4, 0.5) is 0 Å². The van der Waals surface area contributed by atoms with E-state index in [0.29, 0.717) is 41.1 Å². The van der Waals surface area contributed by atoms with E-state index in [9.17, 15) is 4.79 Å². The van der Waals surface area contributed by atoms with Crippen LogP contribution in [-0.4, -0.2) is 70.7 Å². The van der Waals surface area contributed by atoms with E-state index in [2.05, 4.69) is 32.3 Å². The second kappa shape index (κ2) is 10.9. The number of benzene rings is 2. The Hall–Kier alpha value is -3.53. The lowest BCUT2D eigenvalue weighted by atomic mass is 9.94. The Bertz CT molecular complexity index is 1510. The predicted octanol–water partition coefficient (Wildman–Crippen LogP) is 4.33. The van der Waals surface area contributed by atoms with E-state index in [4.69, 9.17) is 25.8 Å². The summed E-state index contributed by atoms with van der Waals surface area (Å²) in [5.74, 6) is 1.50. The number of carbonyl (C=O) groups is 1. The maximum absolute atomic E-state index is 13.8. The van der Waals surface area contributed by atoms with Gasteiger partial charge < -0.3 is 19.5 Å². The highest BCUT2D eigenvalue weighted by Crippen LogP contribution is 2.32. The second-order valence-electron chi connectivity index (χ2n) is 10.3. The Morgan fingerprint density at radius 1 is 1.15 bits per heavy atom. The third-order valence-corrected chi connectivity index (χ3v) is 7.87. The van der Waals surface area contributed by atoms with Crippen LogP contribution in [0.25, 0.3) is 22.4 Å². The first-order valence-electron chi connectivity index (χ1n) is 13.3. The summed E-state index contributed by atoms with van der Waals surface area (Å²) < 4.78 is 11.0. The molecule has 6 rings (SSSR count). The summed E-state index contributed by atoms with van der Waals surface area (Å²) in [5, 5.41) is 8.99. The number of nitrogens with one attached hydrogen (secondary N) is 1. The second-order valence-corrected chi connectivity index (χ2v) is 10.7. The SMILES string of the molecule is COc1ccc(Cl)cc1-c1nc(CN2CCc3nc4ccccc4c(C(=O)NC4CCN(C)CC4)c3C2)no1. The number of methoxy groups -OCH3 is 1. The van der Waals surface area contributed by atoms with Gasteiger partial charge in [-0.05, 0) is 57.2 Å². The number of ether oxygens (including phenoxy) is 1. The molecule has 2 aliphatic heterocycles. The molecule has 202 valence electrons. The Morgan fingerprint density at radius 2 is 1.97 bits per heavy atom. The smallest absolute Gasteiger partial charge is 0.261 e. The molecular weight excluding hydrogens is 516 g/mol. The van der Waals surface area contributed by atoms with E-state index in [1.54, 1.807) is 25.3 Å². The van der Waals surface area contributed by atoms with E-state index < -0.39 is 0 Å². The van der Waals surface area contributed by atoms with E-state index in [1.165, 1.54) is 0 Å². The molecule has 1 saturated heterocycles. The van der Waals surface area contributed by atoms with Crippen molar-refractivity contribution in [2.75, 3.05) is 33.8 Å². The van der Waals surface area contributed by atoms with Crippen molar-refractivity contribution in [3.05, 3.63) is 70.1 Å². The van der Waals surface area contributed by atoms with Gasteiger partial charge in [0.25, 0.3) is 11.8 Å². The first-order chi connectivity index (χ1) is 19.0. The molecule has 1 N–H and O–H groups in total. The maximum atomic E-state index is 13.8. The van der Waals surface area contributed by atoms with E-state index in [-0.39, 0.29) is 11.9 Å². The molecule has 0 bridgehead atoms. The molecule has 39 heavy (non-hydrogen) atoms. The largest absolute Gasteiger partial charge is 0.496 e. The Morgan fingerprint density at radius 3 is 2.79 bits per heavy atom. The molecule has 4 aromatic rings. The first kappa shape index (κ1) is 25.7. The molecule has 0 spiro atoms. The van der Waals surface area contributed by atoms with Crippen molar-refractivity contribution in [1.82, 2.24) is 30.2 Å². The van der Waals surface area contributed by atoms with Crippen LogP contribution in [0.15, 0.2) is 47.0 Å². The number of likely N-dealkylation sites (tertiary alicyclic amines) is 1. The fraction of sp³-hybridized carbons (Fsp3) is 0.379. The van der Waals surface area contributed by atoms with Crippen LogP contribution in [0.1, 0.15) is 40.3 Å². The normalized spacial score (nSPS) is 16.8. The first-order valence-corrected chi connectivity index (χ1v) is 13.6. The zero-order valence-electron chi connectivity index (χ0n) is 22.1. The van der Waals surface area contributed by atoms with Gasteiger partial charge in [-0.2, -0.15) is 4.98 Å². The Labute approximate surface area is 232 Å². The molecule has 2 aliphatic rings. The topological polar surface area (TPSA) is 96.6 Å². The summed E-state index contributed by atoms with van der Waals surface area (Å²) in [5.41, 5.74) is 4.20. The van der Waals surface area contributed by atoms with Gasteiger partial charge in [-0.1, -0.05) is 35.0 Å². The van der Waals surface area contributed by atoms with Crippen LogP contribution in [0.2, 0.25) is 5.02 Å². The summed E-state index contributed by atoms with van der Waals surface area (Å²) in [4.78, 5) is 27.8. The number of nitrogens with zero attached hydrogens (tertiary/aromatic N) is 5. The molecule has 9 nitrogen and oxygen atoms in total. The monoisotopic (exact) mass is 546 g/mol. The van der Waals surface area contributed by atoms with Crippen LogP contribution in [0.5, 0.6) is 5.75 Å². The molecule has 0 aliphatic carbocycles. The zero-order valence-corrected chi connectivity index (χ0v) is 22.9. The summed E-state index contributed by atoms with van der Waals surface area (Å²) in [6.45, 7) is 3.81. The summed E-state index contributed by atoms with van der Waals surface area (Å²) in [7, 11) is 3.71. The minimum absolute atomic E-state index is 0.0175. The Balaban J connectivity index is 1.26. The fourth-order valence-electron chi connectivity index (χ4n) is 5.53. The van der Waals surface area contributed by atoms with E-state index in [0.717, 1.165) is 66.6 Å². The minimum atomic E-state index is -0.0175. The van der Waals surface area contributed by atoms with Crippen molar-refractivity contribution >= 4 is 28.4 Å². The highest BCUT2D eigenvalue weighted by molar-refractivity contribution is 6.30. The van der Waals surface area contributed by atoms with Gasteiger partial charge in [0.05, 0.1) is 30.3 Å². The quantitative estimate of drug-likeness (QED) is 0.382. The molecule has 4 heterocycles. The van der Waals surface area contributed by atoms with Crippen molar-refractivity contribution in [3.8, 4) is 17.2 Å². The lowest BCUT2D eigenvalue weighted by molar-refractivity contribution is 0.0915. The molecule has 0 saturated carbocycles.